The van der Waals surface area contributed by atoms with Gasteiger partial charge in [0.1, 0.15) is 0 Å². The molecule has 0 rings (SSSR count). The fraction of sp³-hybridized carbons (Fsp3) is 0.933. The van der Waals surface area contributed by atoms with E-state index in [1.807, 2.05) is 0 Å². The Balaban J connectivity index is 3.48. The molecule has 0 aliphatic rings. The topological polar surface area (TPSA) is 26.3 Å². The van der Waals surface area contributed by atoms with E-state index in [1.165, 1.54) is 39.2 Å². The molecule has 0 aromatic heterocycles. The number of carbonyl (C=O) groups is 1. The van der Waals surface area contributed by atoms with Crippen LogP contribution in [0, 0.1) is 0 Å². The van der Waals surface area contributed by atoms with Crippen molar-refractivity contribution in [2.24, 2.45) is 0 Å². The third-order valence-corrected chi connectivity index (χ3v) is 4.49. The van der Waals surface area contributed by atoms with Crippen molar-refractivity contribution in [1.82, 2.24) is 0 Å². The Kier molecular flexibility index (Phi) is 13.1. The lowest BCUT2D eigenvalue weighted by Crippen LogP contribution is -2.15. The molecule has 19 heavy (non-hydrogen) atoms. The number of unbranched alkanes of at least 4 members (excludes halogenated alkanes) is 5. The van der Waals surface area contributed by atoms with Crippen molar-refractivity contribution in [3.63, 3.8) is 0 Å². The van der Waals surface area contributed by atoms with Crippen molar-refractivity contribution in [2.75, 3.05) is 7.11 Å². The third-order valence-electron chi connectivity index (χ3n) is 3.31. The number of alkyl halides is 2. The SMILES string of the molecule is CCCCCCCC[C@H](Cl)[C@@H](Cl)CCCC(=O)OC. The van der Waals surface area contributed by atoms with Gasteiger partial charge in [0.15, 0.2) is 0 Å². The van der Waals surface area contributed by atoms with Crippen LogP contribution in [0.4, 0.5) is 0 Å². The predicted octanol–water partition coefficient (Wildman–Crippen LogP) is 5.30. The molecule has 0 aromatic rings. The van der Waals surface area contributed by atoms with Crippen molar-refractivity contribution < 1.29 is 9.53 Å². The molecule has 0 amide bonds. The minimum absolute atomic E-state index is 0.0190. The Morgan fingerprint density at radius 3 is 2.05 bits per heavy atom. The number of hydrogen-bond donors (Lipinski definition) is 0. The summed E-state index contributed by atoms with van der Waals surface area (Å²) < 4.78 is 4.59. The Morgan fingerprint density at radius 2 is 1.47 bits per heavy atom. The zero-order chi connectivity index (χ0) is 14.5. The zero-order valence-electron chi connectivity index (χ0n) is 12.3. The quantitative estimate of drug-likeness (QED) is 0.278. The highest BCUT2D eigenvalue weighted by molar-refractivity contribution is 6.29. The number of carbonyl (C=O) groups excluding carboxylic acids is 1. The summed E-state index contributed by atoms with van der Waals surface area (Å²) in [5.74, 6) is -0.175. The summed E-state index contributed by atoms with van der Waals surface area (Å²) in [6.45, 7) is 2.22. The maximum atomic E-state index is 11.0. The Hall–Kier alpha value is 0.0500. The minimum atomic E-state index is -0.175. The zero-order valence-corrected chi connectivity index (χ0v) is 13.8. The van der Waals surface area contributed by atoms with Gasteiger partial charge < -0.3 is 4.74 Å². The van der Waals surface area contributed by atoms with Crippen molar-refractivity contribution >= 4 is 29.2 Å². The highest BCUT2D eigenvalue weighted by Crippen LogP contribution is 2.22. The van der Waals surface area contributed by atoms with Crippen LogP contribution in [0.15, 0.2) is 0 Å². The van der Waals surface area contributed by atoms with E-state index in [-0.39, 0.29) is 16.7 Å². The van der Waals surface area contributed by atoms with Crippen LogP contribution < -0.4 is 0 Å². The summed E-state index contributed by atoms with van der Waals surface area (Å²) >= 11 is 12.5. The van der Waals surface area contributed by atoms with Gasteiger partial charge in [0.25, 0.3) is 0 Å². The lowest BCUT2D eigenvalue weighted by molar-refractivity contribution is -0.140. The lowest BCUT2D eigenvalue weighted by atomic mass is 10.0. The highest BCUT2D eigenvalue weighted by Gasteiger charge is 2.16. The average Bonchev–Trinajstić information content (AvgIpc) is 2.41. The number of ether oxygens (including phenoxy) is 1. The van der Waals surface area contributed by atoms with Crippen molar-refractivity contribution in [3.8, 4) is 0 Å². The molecule has 2 nitrogen and oxygen atoms in total. The first-order valence-electron chi connectivity index (χ1n) is 7.46. The van der Waals surface area contributed by atoms with Crippen LogP contribution in [0.3, 0.4) is 0 Å². The first kappa shape index (κ1) is 19.1. The van der Waals surface area contributed by atoms with Crippen LogP contribution >= 0.6 is 23.2 Å². The van der Waals surface area contributed by atoms with Crippen molar-refractivity contribution in [3.05, 3.63) is 0 Å². The van der Waals surface area contributed by atoms with E-state index in [9.17, 15) is 4.79 Å². The van der Waals surface area contributed by atoms with E-state index >= 15 is 0 Å². The standard InChI is InChI=1S/C15H28Cl2O2/c1-3-4-5-6-7-8-10-13(16)14(17)11-9-12-15(18)19-2/h13-14H,3-12H2,1-2H3/t13-,14-/m0/s1. The molecule has 0 unspecified atom stereocenters. The summed E-state index contributed by atoms with van der Waals surface area (Å²) in [6, 6.07) is 0. The van der Waals surface area contributed by atoms with Crippen LogP contribution in [-0.2, 0) is 9.53 Å². The predicted molar refractivity (Wildman–Crippen MR) is 83.1 cm³/mol. The third kappa shape index (κ3) is 11.6. The van der Waals surface area contributed by atoms with E-state index in [0.29, 0.717) is 6.42 Å². The summed E-state index contributed by atoms with van der Waals surface area (Å²) in [6.07, 6.45) is 10.6. The van der Waals surface area contributed by atoms with Crippen LogP contribution in [-0.4, -0.2) is 23.8 Å². The Labute approximate surface area is 128 Å². The monoisotopic (exact) mass is 310 g/mol. The molecular weight excluding hydrogens is 283 g/mol. The second-order valence-electron chi connectivity index (χ2n) is 5.06. The van der Waals surface area contributed by atoms with Gasteiger partial charge in [-0.25, -0.2) is 0 Å². The fourth-order valence-electron chi connectivity index (χ4n) is 2.02. The summed E-state index contributed by atoms with van der Waals surface area (Å²) in [5.41, 5.74) is 0. The van der Waals surface area contributed by atoms with E-state index in [1.54, 1.807) is 0 Å². The lowest BCUT2D eigenvalue weighted by Gasteiger charge is -2.15. The number of hydrogen-bond acceptors (Lipinski definition) is 2. The molecule has 0 saturated carbocycles. The molecule has 0 saturated heterocycles. The molecule has 0 bridgehead atoms. The Morgan fingerprint density at radius 1 is 0.947 bits per heavy atom. The van der Waals surface area contributed by atoms with Crippen molar-refractivity contribution in [1.29, 1.82) is 0 Å². The number of rotatable bonds is 12. The van der Waals surface area contributed by atoms with E-state index in [4.69, 9.17) is 23.2 Å². The maximum absolute atomic E-state index is 11.0. The summed E-state index contributed by atoms with van der Waals surface area (Å²) in [7, 11) is 1.41. The molecule has 0 aromatic carbocycles. The molecular formula is C15H28Cl2O2. The minimum Gasteiger partial charge on any atom is -0.469 e. The molecule has 114 valence electrons. The second kappa shape index (κ2) is 13.1. The molecule has 0 radical (unpaired) electrons. The molecule has 0 fully saturated rings. The highest BCUT2D eigenvalue weighted by atomic mass is 35.5. The number of methoxy groups -OCH3 is 1. The average molecular weight is 311 g/mol. The van der Waals surface area contributed by atoms with Gasteiger partial charge in [0, 0.05) is 17.2 Å². The van der Waals surface area contributed by atoms with Gasteiger partial charge in [0.05, 0.1) is 7.11 Å². The van der Waals surface area contributed by atoms with E-state index < -0.39 is 0 Å². The van der Waals surface area contributed by atoms with Gasteiger partial charge in [-0.1, -0.05) is 45.4 Å². The van der Waals surface area contributed by atoms with E-state index in [0.717, 1.165) is 25.7 Å². The maximum Gasteiger partial charge on any atom is 0.305 e. The van der Waals surface area contributed by atoms with Gasteiger partial charge in [-0.05, 0) is 19.3 Å². The largest absolute Gasteiger partial charge is 0.469 e. The molecule has 0 aliphatic carbocycles. The number of halogens is 2. The van der Waals surface area contributed by atoms with Gasteiger partial charge in [-0.2, -0.15) is 0 Å². The molecule has 0 N–H and O–H groups in total. The van der Waals surface area contributed by atoms with Gasteiger partial charge in [0.2, 0.25) is 0 Å². The summed E-state index contributed by atoms with van der Waals surface area (Å²) in [5, 5.41) is -0.0209. The van der Waals surface area contributed by atoms with Crippen molar-refractivity contribution in [2.45, 2.75) is 81.9 Å². The summed E-state index contributed by atoms with van der Waals surface area (Å²) in [4.78, 5) is 11.0. The van der Waals surface area contributed by atoms with E-state index in [2.05, 4.69) is 11.7 Å². The van der Waals surface area contributed by atoms with Crippen LogP contribution in [0.5, 0.6) is 0 Å². The molecule has 4 heteroatoms. The second-order valence-corrected chi connectivity index (χ2v) is 6.18. The fourth-order valence-corrected chi connectivity index (χ4v) is 2.59. The normalized spacial score (nSPS) is 14.1. The van der Waals surface area contributed by atoms with Gasteiger partial charge in [-0.3, -0.25) is 4.79 Å². The van der Waals surface area contributed by atoms with Gasteiger partial charge in [-0.15, -0.1) is 23.2 Å². The first-order chi connectivity index (χ1) is 9.11. The first-order valence-corrected chi connectivity index (χ1v) is 8.34. The van der Waals surface area contributed by atoms with Crippen LogP contribution in [0.25, 0.3) is 0 Å². The molecule has 0 spiro atoms. The van der Waals surface area contributed by atoms with Gasteiger partial charge >= 0.3 is 5.97 Å². The number of esters is 1. The van der Waals surface area contributed by atoms with Crippen LogP contribution in [0.1, 0.15) is 71.1 Å². The molecule has 2 atom stereocenters. The molecule has 0 heterocycles. The Bertz CT molecular complexity index is 222. The van der Waals surface area contributed by atoms with Crippen LogP contribution in [0.2, 0.25) is 0 Å². The molecule has 0 aliphatic heterocycles. The smallest absolute Gasteiger partial charge is 0.305 e.